The predicted octanol–water partition coefficient (Wildman–Crippen LogP) is 4.32. The standard InChI is InChI=1S/C23H35N3S/c1-2-19(16-18-6-4-3-5-7-18)22-17-23(22)25-20-10-13-26(14-11-20)15-12-24-27-21-8-9-21/h3-7,16,20-25H,2,8-15,17H2,1H3/b19-16+/t22-,23+/m0/s1. The lowest BCUT2D eigenvalue weighted by molar-refractivity contribution is 0.200. The predicted molar refractivity (Wildman–Crippen MR) is 118 cm³/mol. The fraction of sp³-hybridized carbons (Fsp3) is 0.652. The monoisotopic (exact) mass is 385 g/mol. The highest BCUT2D eigenvalue weighted by Gasteiger charge is 2.40. The van der Waals surface area contributed by atoms with E-state index in [9.17, 15) is 0 Å². The second-order valence-electron chi connectivity index (χ2n) is 8.43. The van der Waals surface area contributed by atoms with Gasteiger partial charge in [-0.15, -0.1) is 0 Å². The third-order valence-electron chi connectivity index (χ3n) is 6.17. The van der Waals surface area contributed by atoms with E-state index in [4.69, 9.17) is 0 Å². The highest BCUT2D eigenvalue weighted by Crippen LogP contribution is 2.40. The molecule has 3 nitrogen and oxygen atoms in total. The molecule has 148 valence electrons. The lowest BCUT2D eigenvalue weighted by Gasteiger charge is -2.32. The molecule has 2 atom stereocenters. The summed E-state index contributed by atoms with van der Waals surface area (Å²) in [6, 6.07) is 12.2. The van der Waals surface area contributed by atoms with Gasteiger partial charge in [-0.3, -0.25) is 4.72 Å². The maximum absolute atomic E-state index is 3.97. The Morgan fingerprint density at radius 1 is 1.15 bits per heavy atom. The molecule has 1 aromatic rings. The van der Waals surface area contributed by atoms with Gasteiger partial charge >= 0.3 is 0 Å². The van der Waals surface area contributed by atoms with Crippen molar-refractivity contribution in [2.24, 2.45) is 5.92 Å². The van der Waals surface area contributed by atoms with Crippen LogP contribution < -0.4 is 10.0 Å². The van der Waals surface area contributed by atoms with Gasteiger partial charge in [0.25, 0.3) is 0 Å². The Bertz CT molecular complexity index is 605. The van der Waals surface area contributed by atoms with Crippen LogP contribution in [0.15, 0.2) is 35.9 Å². The first-order valence-corrected chi connectivity index (χ1v) is 11.8. The molecule has 2 N–H and O–H groups in total. The van der Waals surface area contributed by atoms with Crippen molar-refractivity contribution in [3.8, 4) is 0 Å². The van der Waals surface area contributed by atoms with Crippen molar-refractivity contribution in [1.82, 2.24) is 14.9 Å². The smallest absolute Gasteiger partial charge is 0.0193 e. The minimum absolute atomic E-state index is 0.716. The molecule has 1 aliphatic heterocycles. The fourth-order valence-electron chi connectivity index (χ4n) is 4.22. The Morgan fingerprint density at radius 3 is 2.63 bits per heavy atom. The van der Waals surface area contributed by atoms with Crippen LogP contribution >= 0.6 is 11.9 Å². The van der Waals surface area contributed by atoms with E-state index >= 15 is 0 Å². The van der Waals surface area contributed by atoms with E-state index in [0.29, 0.717) is 6.04 Å². The number of nitrogens with zero attached hydrogens (tertiary/aromatic N) is 1. The summed E-state index contributed by atoms with van der Waals surface area (Å²) in [6.45, 7) is 7.15. The second-order valence-corrected chi connectivity index (χ2v) is 9.62. The Hall–Kier alpha value is -0.810. The van der Waals surface area contributed by atoms with Crippen LogP contribution in [0.3, 0.4) is 0 Å². The third kappa shape index (κ3) is 6.08. The maximum Gasteiger partial charge on any atom is 0.0193 e. The first-order valence-electron chi connectivity index (χ1n) is 10.9. The zero-order chi connectivity index (χ0) is 18.5. The van der Waals surface area contributed by atoms with Crippen LogP contribution in [0.5, 0.6) is 0 Å². The van der Waals surface area contributed by atoms with Gasteiger partial charge in [0, 0.05) is 30.4 Å². The van der Waals surface area contributed by atoms with Crippen molar-refractivity contribution in [1.29, 1.82) is 0 Å². The summed E-state index contributed by atoms with van der Waals surface area (Å²) in [6.07, 6.45) is 10.4. The largest absolute Gasteiger partial charge is 0.311 e. The van der Waals surface area contributed by atoms with E-state index in [1.165, 1.54) is 63.7 Å². The zero-order valence-electron chi connectivity index (χ0n) is 16.7. The lowest BCUT2D eigenvalue weighted by atomic mass is 10.0. The summed E-state index contributed by atoms with van der Waals surface area (Å²) in [5.41, 5.74) is 2.97. The molecule has 0 amide bonds. The van der Waals surface area contributed by atoms with Gasteiger partial charge < -0.3 is 10.2 Å². The van der Waals surface area contributed by atoms with Crippen molar-refractivity contribution in [3.05, 3.63) is 41.5 Å². The van der Waals surface area contributed by atoms with Gasteiger partial charge in [-0.05, 0) is 63.1 Å². The molecule has 2 saturated carbocycles. The van der Waals surface area contributed by atoms with Crippen LogP contribution in [0.2, 0.25) is 0 Å². The van der Waals surface area contributed by atoms with Gasteiger partial charge in [0.05, 0.1) is 0 Å². The van der Waals surface area contributed by atoms with Crippen LogP contribution in [-0.4, -0.2) is 48.4 Å². The summed E-state index contributed by atoms with van der Waals surface area (Å²) in [5.74, 6) is 0.761. The molecule has 1 aromatic carbocycles. The number of benzene rings is 1. The molecule has 0 bridgehead atoms. The quantitative estimate of drug-likeness (QED) is 0.463. The normalized spacial score (nSPS) is 27.1. The maximum atomic E-state index is 3.97. The van der Waals surface area contributed by atoms with Crippen molar-refractivity contribution < 1.29 is 0 Å². The van der Waals surface area contributed by atoms with Crippen LogP contribution in [0.25, 0.3) is 6.08 Å². The van der Waals surface area contributed by atoms with Gasteiger partial charge in [-0.25, -0.2) is 0 Å². The average molecular weight is 386 g/mol. The van der Waals surface area contributed by atoms with E-state index in [-0.39, 0.29) is 0 Å². The molecule has 27 heavy (non-hydrogen) atoms. The van der Waals surface area contributed by atoms with E-state index in [1.807, 2.05) is 11.9 Å². The molecule has 0 radical (unpaired) electrons. The molecule has 4 heteroatoms. The molecule has 1 heterocycles. The summed E-state index contributed by atoms with van der Waals surface area (Å²) in [7, 11) is 0. The van der Waals surface area contributed by atoms with Gasteiger partial charge in [-0.2, -0.15) is 0 Å². The van der Waals surface area contributed by atoms with Gasteiger partial charge in [0.2, 0.25) is 0 Å². The molecular weight excluding hydrogens is 350 g/mol. The lowest BCUT2D eigenvalue weighted by Crippen LogP contribution is -2.45. The first-order chi connectivity index (χ1) is 13.3. The van der Waals surface area contributed by atoms with Crippen molar-refractivity contribution in [2.45, 2.75) is 62.8 Å². The van der Waals surface area contributed by atoms with Crippen molar-refractivity contribution in [2.75, 3.05) is 26.2 Å². The van der Waals surface area contributed by atoms with E-state index in [0.717, 1.165) is 23.8 Å². The van der Waals surface area contributed by atoms with E-state index < -0.39 is 0 Å². The molecule has 0 aromatic heterocycles. The van der Waals surface area contributed by atoms with Crippen LogP contribution in [0.1, 0.15) is 51.0 Å². The number of hydrogen-bond donors (Lipinski definition) is 2. The van der Waals surface area contributed by atoms with Gasteiger partial charge in [0.1, 0.15) is 0 Å². The topological polar surface area (TPSA) is 27.3 Å². The van der Waals surface area contributed by atoms with Gasteiger partial charge in [0.15, 0.2) is 0 Å². The molecule has 4 rings (SSSR count). The zero-order valence-corrected chi connectivity index (χ0v) is 17.5. The second kappa shape index (κ2) is 9.60. The minimum Gasteiger partial charge on any atom is -0.311 e. The Balaban J connectivity index is 1.15. The Labute approximate surface area is 169 Å². The number of likely N-dealkylation sites (tertiary alicyclic amines) is 1. The Kier molecular flexibility index (Phi) is 6.93. The van der Waals surface area contributed by atoms with Crippen LogP contribution in [-0.2, 0) is 0 Å². The number of hydrogen-bond acceptors (Lipinski definition) is 4. The molecule has 2 aliphatic carbocycles. The molecule has 1 saturated heterocycles. The third-order valence-corrected chi connectivity index (χ3v) is 7.34. The SMILES string of the molecule is CC/C(=C\c1ccccc1)[C@@H]1C[C@H]1NC1CCN(CCNSC2CC2)CC1. The molecule has 0 unspecified atom stereocenters. The summed E-state index contributed by atoms with van der Waals surface area (Å²) in [5, 5.41) is 4.88. The Morgan fingerprint density at radius 2 is 1.93 bits per heavy atom. The average Bonchev–Trinajstić information content (AvgIpc) is 3.62. The van der Waals surface area contributed by atoms with Crippen molar-refractivity contribution >= 4 is 18.0 Å². The first kappa shape index (κ1) is 19.5. The highest BCUT2D eigenvalue weighted by atomic mass is 32.2. The van der Waals surface area contributed by atoms with Crippen LogP contribution in [0.4, 0.5) is 0 Å². The molecule has 0 spiro atoms. The minimum atomic E-state index is 0.716. The number of piperidine rings is 1. The highest BCUT2D eigenvalue weighted by molar-refractivity contribution is 7.98. The molecular formula is C23H35N3S. The van der Waals surface area contributed by atoms with E-state index in [2.05, 4.69) is 58.3 Å². The van der Waals surface area contributed by atoms with E-state index in [1.54, 1.807) is 5.57 Å². The summed E-state index contributed by atoms with van der Waals surface area (Å²) < 4.78 is 3.55. The fourth-order valence-corrected chi connectivity index (χ4v) is 5.03. The number of rotatable bonds is 10. The summed E-state index contributed by atoms with van der Waals surface area (Å²) >= 11 is 1.96. The molecule has 3 fully saturated rings. The van der Waals surface area contributed by atoms with Crippen LogP contribution in [0, 0.1) is 5.92 Å². The molecule has 3 aliphatic rings. The number of nitrogens with one attached hydrogen (secondary N) is 2. The summed E-state index contributed by atoms with van der Waals surface area (Å²) in [4.78, 5) is 2.63. The van der Waals surface area contributed by atoms with Crippen molar-refractivity contribution in [3.63, 3.8) is 0 Å². The van der Waals surface area contributed by atoms with Gasteiger partial charge in [-0.1, -0.05) is 60.9 Å².